The van der Waals surface area contributed by atoms with E-state index in [0.717, 1.165) is 0 Å². The van der Waals surface area contributed by atoms with E-state index in [4.69, 9.17) is 14.9 Å². The summed E-state index contributed by atoms with van der Waals surface area (Å²) in [5.74, 6) is 1.01. The van der Waals surface area contributed by atoms with Crippen LogP contribution in [0.2, 0.25) is 0 Å². The van der Waals surface area contributed by atoms with Crippen molar-refractivity contribution in [2.45, 2.75) is 6.54 Å². The van der Waals surface area contributed by atoms with E-state index in [2.05, 4.69) is 4.98 Å². The lowest BCUT2D eigenvalue weighted by Gasteiger charge is -2.02. The molecule has 7 heteroatoms. The number of hydrogen-bond acceptors (Lipinski definition) is 6. The summed E-state index contributed by atoms with van der Waals surface area (Å²) >= 11 is 0. The molecule has 0 radical (unpaired) electrons. The Bertz CT molecular complexity index is 579. The Hall–Kier alpha value is -2.41. The van der Waals surface area contributed by atoms with Gasteiger partial charge in [-0.2, -0.15) is 0 Å². The molecule has 0 fully saturated rings. The lowest BCUT2D eigenvalue weighted by molar-refractivity contribution is -0.385. The molecule has 0 saturated carbocycles. The molecule has 0 aliphatic carbocycles. The van der Waals surface area contributed by atoms with Crippen molar-refractivity contribution in [2.75, 3.05) is 7.11 Å². The van der Waals surface area contributed by atoms with Crippen LogP contribution in [0.1, 0.15) is 5.89 Å². The van der Waals surface area contributed by atoms with Crippen LogP contribution in [0.15, 0.2) is 28.8 Å². The van der Waals surface area contributed by atoms with Crippen molar-refractivity contribution in [3.8, 4) is 17.1 Å². The summed E-state index contributed by atoms with van der Waals surface area (Å²) in [6, 6.07) is 4.55. The monoisotopic (exact) mass is 249 g/mol. The van der Waals surface area contributed by atoms with Crippen LogP contribution < -0.4 is 10.5 Å². The van der Waals surface area contributed by atoms with E-state index < -0.39 is 4.92 Å². The van der Waals surface area contributed by atoms with Gasteiger partial charge in [0, 0.05) is 11.6 Å². The molecule has 0 amide bonds. The molecule has 0 atom stereocenters. The normalized spacial score (nSPS) is 10.3. The number of oxazole rings is 1. The molecule has 7 nitrogen and oxygen atoms in total. The second kappa shape index (κ2) is 4.84. The highest BCUT2D eigenvalue weighted by molar-refractivity contribution is 5.64. The molecule has 2 N–H and O–H groups in total. The predicted octanol–water partition coefficient (Wildman–Crippen LogP) is 1.72. The Morgan fingerprint density at radius 2 is 2.33 bits per heavy atom. The molecule has 0 unspecified atom stereocenters. The molecule has 1 heterocycles. The maximum atomic E-state index is 10.9. The largest absolute Gasteiger partial charge is 0.490 e. The zero-order chi connectivity index (χ0) is 13.1. The Morgan fingerprint density at radius 3 is 2.89 bits per heavy atom. The van der Waals surface area contributed by atoms with Gasteiger partial charge in [0.15, 0.2) is 11.5 Å². The minimum Gasteiger partial charge on any atom is -0.490 e. The van der Waals surface area contributed by atoms with E-state index in [-0.39, 0.29) is 18.0 Å². The third kappa shape index (κ3) is 2.16. The quantitative estimate of drug-likeness (QED) is 0.653. The highest BCUT2D eigenvalue weighted by atomic mass is 16.6. The van der Waals surface area contributed by atoms with Gasteiger partial charge in [0.05, 0.1) is 24.8 Å². The van der Waals surface area contributed by atoms with Crippen molar-refractivity contribution < 1.29 is 14.1 Å². The number of nitrogens with two attached hydrogens (primary N) is 1. The van der Waals surface area contributed by atoms with Crippen LogP contribution in [0.3, 0.4) is 0 Å². The van der Waals surface area contributed by atoms with E-state index in [1.807, 2.05) is 0 Å². The van der Waals surface area contributed by atoms with Crippen LogP contribution in [0, 0.1) is 10.1 Å². The molecular formula is C11H11N3O4. The van der Waals surface area contributed by atoms with Gasteiger partial charge >= 0.3 is 5.69 Å². The Labute approximate surface area is 102 Å². The minimum atomic E-state index is -0.511. The van der Waals surface area contributed by atoms with Crippen molar-refractivity contribution in [3.05, 3.63) is 40.4 Å². The fraction of sp³-hybridized carbons (Fsp3) is 0.182. The topological polar surface area (TPSA) is 104 Å². The van der Waals surface area contributed by atoms with Crippen molar-refractivity contribution in [1.82, 2.24) is 4.98 Å². The molecule has 0 bridgehead atoms. The summed E-state index contributed by atoms with van der Waals surface area (Å²) in [6.45, 7) is 0.179. The summed E-state index contributed by atoms with van der Waals surface area (Å²) in [4.78, 5) is 14.3. The van der Waals surface area contributed by atoms with E-state index in [0.29, 0.717) is 17.2 Å². The highest BCUT2D eigenvalue weighted by Gasteiger charge is 2.17. The number of ether oxygens (including phenoxy) is 1. The van der Waals surface area contributed by atoms with Crippen molar-refractivity contribution in [3.63, 3.8) is 0 Å². The Morgan fingerprint density at radius 1 is 1.56 bits per heavy atom. The molecule has 94 valence electrons. The van der Waals surface area contributed by atoms with E-state index >= 15 is 0 Å². The number of rotatable bonds is 4. The fourth-order valence-electron chi connectivity index (χ4n) is 1.52. The summed E-state index contributed by atoms with van der Waals surface area (Å²) in [7, 11) is 1.38. The number of nitro benzene ring substituents is 1. The van der Waals surface area contributed by atoms with Gasteiger partial charge in [0.2, 0.25) is 5.89 Å². The molecule has 0 aliphatic heterocycles. The number of benzene rings is 1. The van der Waals surface area contributed by atoms with Crippen LogP contribution in [0.4, 0.5) is 5.69 Å². The lowest BCUT2D eigenvalue weighted by Crippen LogP contribution is -1.95. The summed E-state index contributed by atoms with van der Waals surface area (Å²) in [5.41, 5.74) is 5.81. The number of aromatic nitrogens is 1. The smallest absolute Gasteiger partial charge is 0.311 e. The summed E-state index contributed by atoms with van der Waals surface area (Å²) < 4.78 is 10.2. The molecular weight excluding hydrogens is 238 g/mol. The zero-order valence-corrected chi connectivity index (χ0v) is 9.62. The molecule has 1 aromatic carbocycles. The van der Waals surface area contributed by atoms with Crippen LogP contribution in [-0.2, 0) is 6.54 Å². The minimum absolute atomic E-state index is 0.124. The first-order valence-electron chi connectivity index (χ1n) is 5.13. The van der Waals surface area contributed by atoms with Gasteiger partial charge < -0.3 is 14.9 Å². The zero-order valence-electron chi connectivity index (χ0n) is 9.62. The number of methoxy groups -OCH3 is 1. The lowest BCUT2D eigenvalue weighted by atomic mass is 10.1. The van der Waals surface area contributed by atoms with E-state index in [1.54, 1.807) is 6.07 Å². The van der Waals surface area contributed by atoms with Gasteiger partial charge in [-0.05, 0) is 12.1 Å². The Kier molecular flexibility index (Phi) is 3.24. The standard InChI is InChI=1S/C11H11N3O4/c1-17-9-3-2-7(4-8(9)14(15)16)10-6-13-11(5-12)18-10/h2-4,6H,5,12H2,1H3. The molecule has 2 rings (SSSR count). The summed E-state index contributed by atoms with van der Waals surface area (Å²) in [6.07, 6.45) is 1.48. The van der Waals surface area contributed by atoms with E-state index in [1.165, 1.54) is 25.4 Å². The highest BCUT2D eigenvalue weighted by Crippen LogP contribution is 2.32. The van der Waals surface area contributed by atoms with Crippen LogP contribution in [0.5, 0.6) is 5.75 Å². The maximum absolute atomic E-state index is 10.9. The van der Waals surface area contributed by atoms with Gasteiger partial charge in [-0.25, -0.2) is 4.98 Å². The third-order valence-corrected chi connectivity index (χ3v) is 2.39. The second-order valence-electron chi connectivity index (χ2n) is 3.47. The average molecular weight is 249 g/mol. The van der Waals surface area contributed by atoms with Crippen molar-refractivity contribution >= 4 is 5.69 Å². The molecule has 0 saturated heterocycles. The van der Waals surface area contributed by atoms with Crippen LogP contribution >= 0.6 is 0 Å². The van der Waals surface area contributed by atoms with Gasteiger partial charge in [-0.3, -0.25) is 10.1 Å². The molecule has 18 heavy (non-hydrogen) atoms. The van der Waals surface area contributed by atoms with Crippen LogP contribution in [-0.4, -0.2) is 17.0 Å². The average Bonchev–Trinajstić information content (AvgIpc) is 2.86. The Balaban J connectivity index is 2.46. The van der Waals surface area contributed by atoms with Crippen molar-refractivity contribution in [1.29, 1.82) is 0 Å². The molecule has 2 aromatic rings. The first kappa shape index (κ1) is 12.1. The third-order valence-electron chi connectivity index (χ3n) is 2.39. The first-order chi connectivity index (χ1) is 8.65. The van der Waals surface area contributed by atoms with Crippen LogP contribution in [0.25, 0.3) is 11.3 Å². The SMILES string of the molecule is COc1ccc(-c2cnc(CN)o2)cc1[N+](=O)[O-]. The van der Waals surface area contributed by atoms with Gasteiger partial charge in [-0.1, -0.05) is 0 Å². The fourth-order valence-corrected chi connectivity index (χ4v) is 1.52. The number of nitrogens with zero attached hydrogens (tertiary/aromatic N) is 2. The first-order valence-corrected chi connectivity index (χ1v) is 5.13. The predicted molar refractivity (Wildman–Crippen MR) is 63.0 cm³/mol. The van der Waals surface area contributed by atoms with E-state index in [9.17, 15) is 10.1 Å². The van der Waals surface area contributed by atoms with Gasteiger partial charge in [0.25, 0.3) is 0 Å². The molecule has 1 aromatic heterocycles. The maximum Gasteiger partial charge on any atom is 0.311 e. The molecule has 0 aliphatic rings. The summed E-state index contributed by atoms with van der Waals surface area (Å²) in [5, 5.41) is 10.9. The molecule has 0 spiro atoms. The number of nitro groups is 1. The van der Waals surface area contributed by atoms with Crippen molar-refractivity contribution in [2.24, 2.45) is 5.73 Å². The second-order valence-corrected chi connectivity index (χ2v) is 3.47. The van der Waals surface area contributed by atoms with Gasteiger partial charge in [-0.15, -0.1) is 0 Å². The number of hydrogen-bond donors (Lipinski definition) is 1. The van der Waals surface area contributed by atoms with Gasteiger partial charge in [0.1, 0.15) is 0 Å².